The second-order valence-electron chi connectivity index (χ2n) is 5.76. The predicted molar refractivity (Wildman–Crippen MR) is 114 cm³/mol. The van der Waals surface area contributed by atoms with Gasteiger partial charge in [0.05, 0.1) is 15.1 Å². The van der Waals surface area contributed by atoms with Gasteiger partial charge in [0.15, 0.2) is 11.8 Å². The average Bonchev–Trinajstić information content (AvgIpc) is 2.96. The summed E-state index contributed by atoms with van der Waals surface area (Å²) in [4.78, 5) is 30.2. The molecule has 0 saturated carbocycles. The molecule has 2 aromatic rings. The van der Waals surface area contributed by atoms with Gasteiger partial charge in [-0.2, -0.15) is 0 Å². The summed E-state index contributed by atoms with van der Waals surface area (Å²) in [5.41, 5.74) is 1.59. The summed E-state index contributed by atoms with van der Waals surface area (Å²) in [5.74, 6) is -0.711. The van der Waals surface area contributed by atoms with Crippen molar-refractivity contribution in [2.45, 2.75) is 6.92 Å². The highest BCUT2D eigenvalue weighted by molar-refractivity contribution is 9.10. The molecule has 0 aliphatic carbocycles. The van der Waals surface area contributed by atoms with Gasteiger partial charge in [0.2, 0.25) is 0 Å². The smallest absolute Gasteiger partial charge is 0.341 e. The van der Waals surface area contributed by atoms with Crippen molar-refractivity contribution in [3.05, 3.63) is 63.5 Å². The fraction of sp³-hybridized carbons (Fsp3) is 0.150. The third kappa shape index (κ3) is 4.82. The van der Waals surface area contributed by atoms with Gasteiger partial charge >= 0.3 is 5.97 Å². The normalized spacial score (nSPS) is 16.8. The van der Waals surface area contributed by atoms with Crippen LogP contribution in [0.1, 0.15) is 12.5 Å². The monoisotopic (exact) mass is 460 g/mol. The number of thioether (sulfide) groups is 1. The molecule has 0 unspecified atom stereocenters. The molecule has 0 radical (unpaired) electrons. The summed E-state index contributed by atoms with van der Waals surface area (Å²) in [6.07, 6.45) is 1.79. The molecule has 28 heavy (non-hydrogen) atoms. The van der Waals surface area contributed by atoms with Crippen LogP contribution in [0.3, 0.4) is 0 Å². The summed E-state index contributed by atoms with van der Waals surface area (Å²) in [5, 5.41) is 9.36. The van der Waals surface area contributed by atoms with Crippen LogP contribution in [0.2, 0.25) is 0 Å². The number of nitrogens with zero attached hydrogens (tertiary/aromatic N) is 2. The number of carboxylic acid groups (broad SMARTS) is 1. The number of carbonyl (C=O) groups is 2. The minimum absolute atomic E-state index is 0.0930. The number of likely N-dealkylation sites (N-methyl/N-ethyl adjacent to an activating group) is 1. The lowest BCUT2D eigenvalue weighted by atomic mass is 10.2. The summed E-state index contributed by atoms with van der Waals surface area (Å²) in [6.45, 7) is 2.02. The number of amides is 1. The molecule has 1 fully saturated rings. The molecule has 1 aliphatic heterocycles. The first-order valence-electron chi connectivity index (χ1n) is 8.47. The first-order chi connectivity index (χ1) is 13.5. The van der Waals surface area contributed by atoms with Gasteiger partial charge < -0.3 is 9.84 Å². The number of rotatable bonds is 6. The SMILES string of the molecule is CCN1C(=O)C(=Cc2ccc(OCC(=O)O)c(Br)c2)SC1=Nc1ccccc1. The molecule has 0 atom stereocenters. The maximum absolute atomic E-state index is 12.7. The van der Waals surface area contributed by atoms with Crippen molar-refractivity contribution >= 4 is 56.5 Å². The van der Waals surface area contributed by atoms with Gasteiger partial charge in [-0.05, 0) is 70.5 Å². The van der Waals surface area contributed by atoms with Crippen LogP contribution in [-0.4, -0.2) is 40.2 Å². The molecule has 1 aliphatic rings. The van der Waals surface area contributed by atoms with Crippen LogP contribution in [0.4, 0.5) is 5.69 Å². The molecule has 144 valence electrons. The highest BCUT2D eigenvalue weighted by Gasteiger charge is 2.32. The number of ether oxygens (including phenoxy) is 1. The van der Waals surface area contributed by atoms with Crippen LogP contribution in [0.15, 0.2) is 62.9 Å². The van der Waals surface area contributed by atoms with Crippen LogP contribution >= 0.6 is 27.7 Å². The quantitative estimate of drug-likeness (QED) is 0.640. The number of halogens is 1. The molecule has 1 amide bonds. The number of carbonyl (C=O) groups excluding carboxylic acids is 1. The van der Waals surface area contributed by atoms with Crippen molar-refractivity contribution in [1.82, 2.24) is 4.90 Å². The minimum atomic E-state index is -1.05. The van der Waals surface area contributed by atoms with Crippen molar-refractivity contribution in [2.24, 2.45) is 4.99 Å². The fourth-order valence-electron chi connectivity index (χ4n) is 2.50. The van der Waals surface area contributed by atoms with Gasteiger partial charge in [-0.1, -0.05) is 24.3 Å². The van der Waals surface area contributed by atoms with Crippen LogP contribution in [-0.2, 0) is 9.59 Å². The van der Waals surface area contributed by atoms with E-state index in [0.717, 1.165) is 11.3 Å². The molecular formula is C20H17BrN2O4S. The maximum Gasteiger partial charge on any atom is 0.341 e. The first-order valence-corrected chi connectivity index (χ1v) is 10.1. The minimum Gasteiger partial charge on any atom is -0.481 e. The number of para-hydroxylation sites is 1. The van der Waals surface area contributed by atoms with E-state index >= 15 is 0 Å². The second kappa shape index (κ2) is 9.07. The van der Waals surface area contributed by atoms with Crippen molar-refractivity contribution in [3.8, 4) is 5.75 Å². The Labute approximate surface area is 175 Å². The van der Waals surface area contributed by atoms with Gasteiger partial charge in [-0.15, -0.1) is 0 Å². The third-order valence-corrected chi connectivity index (χ3v) is 5.42. The molecule has 2 aromatic carbocycles. The van der Waals surface area contributed by atoms with Gasteiger partial charge in [0, 0.05) is 6.54 Å². The summed E-state index contributed by atoms with van der Waals surface area (Å²) >= 11 is 4.70. The number of benzene rings is 2. The Morgan fingerprint density at radius 3 is 2.68 bits per heavy atom. The molecule has 1 saturated heterocycles. The summed E-state index contributed by atoms with van der Waals surface area (Å²) < 4.78 is 5.81. The van der Waals surface area contributed by atoms with E-state index in [0.29, 0.717) is 26.8 Å². The lowest BCUT2D eigenvalue weighted by molar-refractivity contribution is -0.139. The Kier molecular flexibility index (Phi) is 6.53. The van der Waals surface area contributed by atoms with E-state index in [1.807, 2.05) is 37.3 Å². The summed E-state index contributed by atoms with van der Waals surface area (Å²) in [7, 11) is 0. The maximum atomic E-state index is 12.7. The Hall–Kier alpha value is -2.58. The van der Waals surface area contributed by atoms with Crippen molar-refractivity contribution in [3.63, 3.8) is 0 Å². The van der Waals surface area contributed by atoms with Gasteiger partial charge in [-0.25, -0.2) is 9.79 Å². The number of aliphatic carboxylic acids is 1. The second-order valence-corrected chi connectivity index (χ2v) is 7.63. The van der Waals surface area contributed by atoms with Gasteiger partial charge in [-0.3, -0.25) is 9.69 Å². The highest BCUT2D eigenvalue weighted by Crippen LogP contribution is 2.35. The van der Waals surface area contributed by atoms with Crippen molar-refractivity contribution in [2.75, 3.05) is 13.2 Å². The number of aliphatic imine (C=N–C) groups is 1. The Morgan fingerprint density at radius 2 is 2.04 bits per heavy atom. The van der Waals surface area contributed by atoms with Crippen LogP contribution < -0.4 is 4.74 Å². The number of hydrogen-bond donors (Lipinski definition) is 1. The fourth-order valence-corrected chi connectivity index (χ4v) is 4.07. The van der Waals surface area contributed by atoms with E-state index in [1.165, 1.54) is 11.8 Å². The van der Waals surface area contributed by atoms with Crippen molar-refractivity contribution < 1.29 is 19.4 Å². The Morgan fingerprint density at radius 1 is 1.29 bits per heavy atom. The first kappa shape index (κ1) is 20.2. The van der Waals surface area contributed by atoms with Crippen molar-refractivity contribution in [1.29, 1.82) is 0 Å². The molecule has 3 rings (SSSR count). The molecular weight excluding hydrogens is 444 g/mol. The lowest BCUT2D eigenvalue weighted by Gasteiger charge is -2.11. The van der Waals surface area contributed by atoms with E-state index < -0.39 is 12.6 Å². The molecule has 8 heteroatoms. The van der Waals surface area contributed by atoms with E-state index in [4.69, 9.17) is 9.84 Å². The molecule has 0 bridgehead atoms. The number of carboxylic acids is 1. The Balaban J connectivity index is 1.84. The van der Waals surface area contributed by atoms with E-state index in [1.54, 1.807) is 29.2 Å². The molecule has 6 nitrogen and oxygen atoms in total. The van der Waals surface area contributed by atoms with Crippen LogP contribution in [0.25, 0.3) is 6.08 Å². The molecule has 1 N–H and O–H groups in total. The Bertz CT molecular complexity index is 960. The largest absolute Gasteiger partial charge is 0.481 e. The standard InChI is InChI=1S/C20H17BrN2O4S/c1-2-23-19(26)17(28-20(23)22-14-6-4-3-5-7-14)11-13-8-9-16(15(21)10-13)27-12-18(24)25/h3-11H,2,12H2,1H3,(H,24,25). The molecule has 0 spiro atoms. The molecule has 1 heterocycles. The van der Waals surface area contributed by atoms with Crippen LogP contribution in [0, 0.1) is 0 Å². The zero-order chi connectivity index (χ0) is 20.1. The van der Waals surface area contributed by atoms with E-state index in [2.05, 4.69) is 20.9 Å². The topological polar surface area (TPSA) is 79.2 Å². The summed E-state index contributed by atoms with van der Waals surface area (Å²) in [6, 6.07) is 14.7. The lowest BCUT2D eigenvalue weighted by Crippen LogP contribution is -2.28. The predicted octanol–water partition coefficient (Wildman–Crippen LogP) is 4.54. The third-order valence-electron chi connectivity index (χ3n) is 3.79. The van der Waals surface area contributed by atoms with Gasteiger partial charge in [0.1, 0.15) is 5.75 Å². The average molecular weight is 461 g/mol. The zero-order valence-electron chi connectivity index (χ0n) is 15.0. The van der Waals surface area contributed by atoms with E-state index in [-0.39, 0.29) is 5.91 Å². The highest BCUT2D eigenvalue weighted by atomic mass is 79.9. The zero-order valence-corrected chi connectivity index (χ0v) is 17.4. The molecule has 0 aromatic heterocycles. The van der Waals surface area contributed by atoms with Crippen LogP contribution in [0.5, 0.6) is 5.75 Å². The van der Waals surface area contributed by atoms with Gasteiger partial charge in [0.25, 0.3) is 5.91 Å². The van der Waals surface area contributed by atoms with E-state index in [9.17, 15) is 9.59 Å². The number of hydrogen-bond acceptors (Lipinski definition) is 5. The number of amidine groups is 1.